The summed E-state index contributed by atoms with van der Waals surface area (Å²) in [5.41, 5.74) is 6.55. The van der Waals surface area contributed by atoms with E-state index in [1.165, 1.54) is 0 Å². The summed E-state index contributed by atoms with van der Waals surface area (Å²) in [5, 5.41) is 4.00. The van der Waals surface area contributed by atoms with Crippen LogP contribution in [0.25, 0.3) is 11.5 Å². The van der Waals surface area contributed by atoms with E-state index in [1.807, 2.05) is 26.8 Å². The quantitative estimate of drug-likeness (QED) is 0.842. The van der Waals surface area contributed by atoms with Crippen molar-refractivity contribution in [1.82, 2.24) is 14.9 Å². The SMILES string of the molecule is CC(C)(C)NS(=O)(=O)Cc1cccc(-c2nc(C3(N)CCC3)no2)c1. The molecule has 1 aliphatic carbocycles. The number of sulfonamides is 1. The molecule has 1 saturated carbocycles. The largest absolute Gasteiger partial charge is 0.334 e. The van der Waals surface area contributed by atoms with Gasteiger partial charge < -0.3 is 10.3 Å². The summed E-state index contributed by atoms with van der Waals surface area (Å²) in [5.74, 6) is 0.760. The molecule has 0 aliphatic heterocycles. The lowest BCUT2D eigenvalue weighted by atomic mass is 9.77. The molecule has 0 saturated heterocycles. The molecule has 1 aromatic carbocycles. The van der Waals surface area contributed by atoms with Crippen LogP contribution in [0.1, 0.15) is 51.4 Å². The van der Waals surface area contributed by atoms with E-state index in [-0.39, 0.29) is 5.75 Å². The number of nitrogens with zero attached hydrogens (tertiary/aromatic N) is 2. The van der Waals surface area contributed by atoms with Crippen molar-refractivity contribution < 1.29 is 12.9 Å². The van der Waals surface area contributed by atoms with Gasteiger partial charge in [-0.25, -0.2) is 13.1 Å². The van der Waals surface area contributed by atoms with Gasteiger partial charge in [0.25, 0.3) is 5.89 Å². The summed E-state index contributed by atoms with van der Waals surface area (Å²) in [6, 6.07) is 7.11. The minimum absolute atomic E-state index is 0.111. The molecule has 3 rings (SSSR count). The van der Waals surface area contributed by atoms with Gasteiger partial charge in [0.15, 0.2) is 5.82 Å². The van der Waals surface area contributed by atoms with Crippen LogP contribution in [0.15, 0.2) is 28.8 Å². The lowest BCUT2D eigenvalue weighted by Crippen LogP contribution is -2.44. The first-order chi connectivity index (χ1) is 11.6. The second kappa shape index (κ2) is 6.19. The van der Waals surface area contributed by atoms with Gasteiger partial charge >= 0.3 is 0 Å². The molecule has 25 heavy (non-hydrogen) atoms. The third-order valence-electron chi connectivity index (χ3n) is 4.11. The second-order valence-corrected chi connectivity index (χ2v) is 9.47. The van der Waals surface area contributed by atoms with E-state index in [9.17, 15) is 8.42 Å². The number of nitrogens with two attached hydrogens (primary N) is 1. The van der Waals surface area contributed by atoms with Crippen molar-refractivity contribution in [2.24, 2.45) is 5.73 Å². The van der Waals surface area contributed by atoms with Crippen LogP contribution in [-0.2, 0) is 21.3 Å². The summed E-state index contributed by atoms with van der Waals surface area (Å²) in [4.78, 5) is 4.40. The van der Waals surface area contributed by atoms with Gasteiger partial charge in [0, 0.05) is 11.1 Å². The Balaban J connectivity index is 1.80. The Hall–Kier alpha value is -1.77. The van der Waals surface area contributed by atoms with E-state index in [0.717, 1.165) is 19.3 Å². The molecule has 0 spiro atoms. The molecular weight excluding hydrogens is 340 g/mol. The standard InChI is InChI=1S/C17H24N4O3S/c1-16(2,3)21-25(22,23)11-12-6-4-7-13(10-12)14-19-15(20-24-14)17(18)8-5-9-17/h4,6-7,10,21H,5,8-9,11,18H2,1-3H3. The van der Waals surface area contributed by atoms with Crippen molar-refractivity contribution >= 4 is 10.0 Å². The van der Waals surface area contributed by atoms with Gasteiger partial charge in [0.2, 0.25) is 10.0 Å². The first kappa shape index (κ1) is 18.0. The van der Waals surface area contributed by atoms with Crippen LogP contribution in [-0.4, -0.2) is 24.1 Å². The average Bonchev–Trinajstić information content (AvgIpc) is 2.91. The molecule has 7 nitrogen and oxygen atoms in total. The van der Waals surface area contributed by atoms with Crippen molar-refractivity contribution in [3.05, 3.63) is 35.7 Å². The number of hydrogen-bond acceptors (Lipinski definition) is 6. The molecule has 1 aliphatic rings. The maximum Gasteiger partial charge on any atom is 0.258 e. The van der Waals surface area contributed by atoms with Crippen LogP contribution in [0, 0.1) is 0 Å². The average molecular weight is 364 g/mol. The van der Waals surface area contributed by atoms with E-state index in [0.29, 0.717) is 22.8 Å². The number of nitrogens with one attached hydrogen (secondary N) is 1. The van der Waals surface area contributed by atoms with Gasteiger partial charge in [-0.1, -0.05) is 17.3 Å². The highest BCUT2D eigenvalue weighted by atomic mass is 32.2. The topological polar surface area (TPSA) is 111 Å². The number of aromatic nitrogens is 2. The third-order valence-corrected chi connectivity index (χ3v) is 5.75. The van der Waals surface area contributed by atoms with Gasteiger partial charge in [0.05, 0.1) is 11.3 Å². The van der Waals surface area contributed by atoms with Crippen LogP contribution in [0.4, 0.5) is 0 Å². The molecule has 0 radical (unpaired) electrons. The fraction of sp³-hybridized carbons (Fsp3) is 0.529. The van der Waals surface area contributed by atoms with Gasteiger partial charge in [-0.05, 0) is 57.7 Å². The molecule has 1 fully saturated rings. The molecule has 1 aromatic heterocycles. The number of hydrogen-bond donors (Lipinski definition) is 2. The minimum Gasteiger partial charge on any atom is -0.334 e. The zero-order valence-electron chi connectivity index (χ0n) is 14.7. The first-order valence-electron chi connectivity index (χ1n) is 8.30. The van der Waals surface area contributed by atoms with E-state index in [1.54, 1.807) is 18.2 Å². The van der Waals surface area contributed by atoms with Crippen LogP contribution in [0.5, 0.6) is 0 Å². The van der Waals surface area contributed by atoms with Gasteiger partial charge in [-0.3, -0.25) is 0 Å². The Morgan fingerprint density at radius 1 is 1.32 bits per heavy atom. The highest BCUT2D eigenvalue weighted by Crippen LogP contribution is 2.37. The van der Waals surface area contributed by atoms with E-state index < -0.39 is 21.1 Å². The maximum atomic E-state index is 12.3. The smallest absolute Gasteiger partial charge is 0.258 e. The summed E-state index contributed by atoms with van der Waals surface area (Å²) in [6.07, 6.45) is 2.76. The molecule has 0 bridgehead atoms. The molecule has 1 heterocycles. The Labute approximate surface area is 148 Å². The minimum atomic E-state index is -3.44. The Kier molecular flexibility index (Phi) is 4.47. The van der Waals surface area contributed by atoms with E-state index >= 15 is 0 Å². The van der Waals surface area contributed by atoms with Gasteiger partial charge in [-0.15, -0.1) is 0 Å². The number of rotatable bonds is 5. The molecule has 136 valence electrons. The Morgan fingerprint density at radius 2 is 2.04 bits per heavy atom. The monoisotopic (exact) mass is 364 g/mol. The Morgan fingerprint density at radius 3 is 2.64 bits per heavy atom. The van der Waals surface area contributed by atoms with Gasteiger partial charge in [-0.2, -0.15) is 4.98 Å². The van der Waals surface area contributed by atoms with Gasteiger partial charge in [0.1, 0.15) is 0 Å². The van der Waals surface area contributed by atoms with Crippen LogP contribution in [0.2, 0.25) is 0 Å². The zero-order chi connectivity index (χ0) is 18.3. The summed E-state index contributed by atoms with van der Waals surface area (Å²) in [6.45, 7) is 5.43. The molecule has 0 amide bonds. The van der Waals surface area contributed by atoms with Crippen molar-refractivity contribution in [2.75, 3.05) is 0 Å². The third kappa shape index (κ3) is 4.26. The van der Waals surface area contributed by atoms with Crippen molar-refractivity contribution in [1.29, 1.82) is 0 Å². The van der Waals surface area contributed by atoms with Crippen LogP contribution < -0.4 is 10.5 Å². The first-order valence-corrected chi connectivity index (χ1v) is 9.96. The molecular formula is C17H24N4O3S. The van der Waals surface area contributed by atoms with Crippen molar-refractivity contribution in [2.45, 2.75) is 56.9 Å². The summed E-state index contributed by atoms with van der Waals surface area (Å²) < 4.78 is 32.5. The maximum absolute atomic E-state index is 12.3. The lowest BCUT2D eigenvalue weighted by molar-refractivity contribution is 0.229. The lowest BCUT2D eigenvalue weighted by Gasteiger charge is -2.34. The Bertz CT molecular complexity index is 864. The molecule has 8 heteroatoms. The molecule has 0 atom stereocenters. The molecule has 0 unspecified atom stereocenters. The van der Waals surface area contributed by atoms with E-state index in [2.05, 4.69) is 14.9 Å². The van der Waals surface area contributed by atoms with Crippen LogP contribution >= 0.6 is 0 Å². The predicted molar refractivity (Wildman–Crippen MR) is 95.0 cm³/mol. The predicted octanol–water partition coefficient (Wildman–Crippen LogP) is 2.29. The fourth-order valence-electron chi connectivity index (χ4n) is 2.84. The van der Waals surface area contributed by atoms with Crippen LogP contribution in [0.3, 0.4) is 0 Å². The van der Waals surface area contributed by atoms with E-state index in [4.69, 9.17) is 10.3 Å². The second-order valence-electron chi connectivity index (χ2n) is 7.74. The fourth-order valence-corrected chi connectivity index (χ4v) is 4.46. The zero-order valence-corrected chi connectivity index (χ0v) is 15.6. The number of benzene rings is 1. The highest BCUT2D eigenvalue weighted by Gasteiger charge is 2.39. The van der Waals surface area contributed by atoms with Crippen molar-refractivity contribution in [3.8, 4) is 11.5 Å². The summed E-state index contributed by atoms with van der Waals surface area (Å²) in [7, 11) is -3.44. The highest BCUT2D eigenvalue weighted by molar-refractivity contribution is 7.88. The molecule has 2 aromatic rings. The van der Waals surface area contributed by atoms with Crippen molar-refractivity contribution in [3.63, 3.8) is 0 Å². The normalized spacial score (nSPS) is 17.3. The summed E-state index contributed by atoms with van der Waals surface area (Å²) >= 11 is 0. The molecule has 3 N–H and O–H groups in total.